The summed E-state index contributed by atoms with van der Waals surface area (Å²) in [5.74, 6) is 0. The van der Waals surface area contributed by atoms with Crippen molar-refractivity contribution in [2.45, 2.75) is 19.3 Å². The van der Waals surface area contributed by atoms with Crippen LogP contribution in [0.25, 0.3) is 79.6 Å². The molecule has 66 heavy (non-hydrogen) atoms. The first-order valence-corrected chi connectivity index (χ1v) is 22.9. The summed E-state index contributed by atoms with van der Waals surface area (Å²) < 4.78 is 0. The number of fused-ring (bicyclic) bond motifs is 4. The van der Waals surface area contributed by atoms with Gasteiger partial charge < -0.3 is 4.90 Å². The summed E-state index contributed by atoms with van der Waals surface area (Å²) in [6.45, 7) is 4.72. The molecule has 0 spiro atoms. The van der Waals surface area contributed by atoms with Crippen molar-refractivity contribution in [1.29, 1.82) is 0 Å². The second-order valence-electron chi connectivity index (χ2n) is 17.8. The van der Waals surface area contributed by atoms with E-state index in [-0.39, 0.29) is 5.41 Å². The molecule has 10 aromatic carbocycles. The van der Waals surface area contributed by atoms with Crippen molar-refractivity contribution in [3.63, 3.8) is 0 Å². The molecule has 1 aliphatic carbocycles. The fraction of sp³-hybridized carbons (Fsp3) is 0.0462. The van der Waals surface area contributed by atoms with E-state index in [0.717, 1.165) is 17.1 Å². The minimum Gasteiger partial charge on any atom is -0.310 e. The standard InChI is InChI=1S/C65H49N/c1-65(2)63-42-49(32-40-59(63)60-41-39-58(45-64(60)65)66(56-18-8-4-9-19-56)57-20-10-5-11-21-57)29-28-47-24-22-46(23-25-47)26-27-48-30-33-52(34-31-48)61-43-54-16-12-13-17-55(54)44-62(61)53-37-35-51(36-38-53)50-14-6-3-7-15-50/h3-45H,1-2H3/b27-26+,29-28+. The van der Waals surface area contributed by atoms with Gasteiger partial charge in [-0.25, -0.2) is 0 Å². The predicted octanol–water partition coefficient (Wildman–Crippen LogP) is 18.0. The Morgan fingerprint density at radius 2 is 0.667 bits per heavy atom. The van der Waals surface area contributed by atoms with Gasteiger partial charge in [0, 0.05) is 22.5 Å². The van der Waals surface area contributed by atoms with Gasteiger partial charge in [0.1, 0.15) is 0 Å². The Labute approximate surface area is 388 Å². The van der Waals surface area contributed by atoms with Crippen molar-refractivity contribution in [3.8, 4) is 44.5 Å². The minimum atomic E-state index is -0.146. The van der Waals surface area contributed by atoms with Crippen molar-refractivity contribution < 1.29 is 0 Å². The number of hydrogen-bond donors (Lipinski definition) is 0. The maximum atomic E-state index is 2.39. The zero-order chi connectivity index (χ0) is 44.5. The lowest BCUT2D eigenvalue weighted by Gasteiger charge is -2.28. The van der Waals surface area contributed by atoms with E-state index in [1.165, 1.54) is 88.7 Å². The number of benzene rings is 10. The van der Waals surface area contributed by atoms with Gasteiger partial charge in [0.15, 0.2) is 0 Å². The third kappa shape index (κ3) is 7.97. The normalized spacial score (nSPS) is 12.7. The molecule has 0 amide bonds. The van der Waals surface area contributed by atoms with E-state index in [1.807, 2.05) is 0 Å². The molecule has 0 unspecified atom stereocenters. The highest BCUT2D eigenvalue weighted by atomic mass is 15.1. The number of hydrogen-bond acceptors (Lipinski definition) is 1. The van der Waals surface area contributed by atoms with E-state index in [1.54, 1.807) is 0 Å². The Bertz CT molecular complexity index is 3340. The Balaban J connectivity index is 0.789. The van der Waals surface area contributed by atoms with E-state index in [0.29, 0.717) is 0 Å². The zero-order valence-corrected chi connectivity index (χ0v) is 37.3. The highest BCUT2D eigenvalue weighted by molar-refractivity contribution is 5.97. The molecular weight excluding hydrogens is 795 g/mol. The lowest BCUT2D eigenvalue weighted by molar-refractivity contribution is 0.660. The number of nitrogens with zero attached hydrogens (tertiary/aromatic N) is 1. The van der Waals surface area contributed by atoms with Gasteiger partial charge in [0.2, 0.25) is 0 Å². The lowest BCUT2D eigenvalue weighted by atomic mass is 9.81. The Hall–Kier alpha value is -8.26. The second kappa shape index (κ2) is 17.4. The van der Waals surface area contributed by atoms with E-state index in [9.17, 15) is 0 Å². The zero-order valence-electron chi connectivity index (χ0n) is 37.3. The molecule has 0 aromatic heterocycles. The lowest BCUT2D eigenvalue weighted by Crippen LogP contribution is -2.16. The van der Waals surface area contributed by atoms with Gasteiger partial charge in [0.05, 0.1) is 0 Å². The average molecular weight is 844 g/mol. The quantitative estimate of drug-likeness (QED) is 0.124. The van der Waals surface area contributed by atoms with Gasteiger partial charge in [-0.15, -0.1) is 0 Å². The van der Waals surface area contributed by atoms with Gasteiger partial charge in [-0.3, -0.25) is 0 Å². The smallest absolute Gasteiger partial charge is 0.0465 e. The number of anilines is 3. The van der Waals surface area contributed by atoms with Gasteiger partial charge in [-0.05, 0) is 137 Å². The fourth-order valence-electron chi connectivity index (χ4n) is 9.65. The van der Waals surface area contributed by atoms with Crippen LogP contribution in [0.15, 0.2) is 237 Å². The molecule has 11 rings (SSSR count). The Morgan fingerprint density at radius 1 is 0.288 bits per heavy atom. The van der Waals surface area contributed by atoms with Crippen LogP contribution in [-0.4, -0.2) is 0 Å². The van der Waals surface area contributed by atoms with Gasteiger partial charge in [-0.2, -0.15) is 0 Å². The molecule has 0 fully saturated rings. The summed E-state index contributed by atoms with van der Waals surface area (Å²) in [6.07, 6.45) is 8.86. The van der Waals surface area contributed by atoms with Crippen LogP contribution in [0.1, 0.15) is 47.2 Å². The summed E-state index contributed by atoms with van der Waals surface area (Å²) in [4.78, 5) is 2.35. The van der Waals surface area contributed by atoms with Crippen molar-refractivity contribution in [1.82, 2.24) is 0 Å². The average Bonchev–Trinajstić information content (AvgIpc) is 3.60. The first-order valence-electron chi connectivity index (χ1n) is 22.9. The van der Waals surface area contributed by atoms with Crippen LogP contribution in [0, 0.1) is 0 Å². The fourth-order valence-corrected chi connectivity index (χ4v) is 9.65. The van der Waals surface area contributed by atoms with Crippen molar-refractivity contribution in [2.75, 3.05) is 4.90 Å². The first kappa shape index (κ1) is 40.5. The van der Waals surface area contributed by atoms with Crippen LogP contribution < -0.4 is 4.90 Å². The van der Waals surface area contributed by atoms with E-state index < -0.39 is 0 Å². The molecule has 1 aliphatic rings. The summed E-state index contributed by atoms with van der Waals surface area (Å²) in [7, 11) is 0. The van der Waals surface area contributed by atoms with Crippen LogP contribution in [0.2, 0.25) is 0 Å². The Morgan fingerprint density at radius 3 is 1.20 bits per heavy atom. The van der Waals surface area contributed by atoms with Gasteiger partial charge >= 0.3 is 0 Å². The molecule has 0 saturated carbocycles. The molecule has 314 valence electrons. The molecular formula is C65H49N. The summed E-state index contributed by atoms with van der Waals surface area (Å²) in [5, 5.41) is 2.49. The van der Waals surface area contributed by atoms with Crippen LogP contribution in [-0.2, 0) is 5.41 Å². The number of para-hydroxylation sites is 2. The SMILES string of the molecule is CC1(C)c2cc(/C=C/c3ccc(/C=C/c4ccc(-c5cc6ccccc6cc5-c5ccc(-c6ccccc6)cc5)cc4)cc3)ccc2-c2ccc(N(c3ccccc3)c3ccccc3)cc21. The molecule has 10 aromatic rings. The molecule has 0 heterocycles. The van der Waals surface area contributed by atoms with E-state index in [4.69, 9.17) is 0 Å². The van der Waals surface area contributed by atoms with Gasteiger partial charge in [-0.1, -0.05) is 226 Å². The Kier molecular flexibility index (Phi) is 10.7. The van der Waals surface area contributed by atoms with Crippen LogP contribution in [0.3, 0.4) is 0 Å². The summed E-state index contributed by atoms with van der Waals surface area (Å²) in [6, 6.07) is 85.8. The van der Waals surface area contributed by atoms with E-state index >= 15 is 0 Å². The topological polar surface area (TPSA) is 3.24 Å². The molecule has 0 radical (unpaired) electrons. The maximum Gasteiger partial charge on any atom is 0.0465 e. The predicted molar refractivity (Wildman–Crippen MR) is 283 cm³/mol. The number of rotatable bonds is 10. The van der Waals surface area contributed by atoms with Crippen molar-refractivity contribution in [3.05, 3.63) is 270 Å². The molecule has 0 aliphatic heterocycles. The molecule has 0 atom stereocenters. The van der Waals surface area contributed by atoms with E-state index in [2.05, 4.69) is 280 Å². The first-order chi connectivity index (χ1) is 32.4. The van der Waals surface area contributed by atoms with Gasteiger partial charge in [0.25, 0.3) is 0 Å². The molecule has 0 bridgehead atoms. The largest absolute Gasteiger partial charge is 0.310 e. The second-order valence-corrected chi connectivity index (χ2v) is 17.8. The van der Waals surface area contributed by atoms with Crippen molar-refractivity contribution >= 4 is 52.1 Å². The summed E-state index contributed by atoms with van der Waals surface area (Å²) >= 11 is 0. The van der Waals surface area contributed by atoms with Crippen molar-refractivity contribution in [2.24, 2.45) is 0 Å². The minimum absolute atomic E-state index is 0.146. The third-order valence-electron chi connectivity index (χ3n) is 13.3. The maximum absolute atomic E-state index is 2.39. The highest BCUT2D eigenvalue weighted by Crippen LogP contribution is 2.51. The third-order valence-corrected chi connectivity index (χ3v) is 13.3. The molecule has 1 heteroatoms. The molecule has 0 saturated heterocycles. The highest BCUT2D eigenvalue weighted by Gasteiger charge is 2.36. The molecule has 1 nitrogen and oxygen atoms in total. The van der Waals surface area contributed by atoms with Crippen LogP contribution in [0.4, 0.5) is 17.1 Å². The monoisotopic (exact) mass is 843 g/mol. The van der Waals surface area contributed by atoms with Crippen LogP contribution >= 0.6 is 0 Å². The van der Waals surface area contributed by atoms with Crippen LogP contribution in [0.5, 0.6) is 0 Å². The molecule has 0 N–H and O–H groups in total. The summed E-state index contributed by atoms with van der Waals surface area (Å²) in [5.41, 5.74) is 20.7.